The molecule has 0 fully saturated rings. The first-order valence-electron chi connectivity index (χ1n) is 11.3. The molecule has 3 aromatic rings. The Labute approximate surface area is 202 Å². The summed E-state index contributed by atoms with van der Waals surface area (Å²) in [4.78, 5) is 14.5. The van der Waals surface area contributed by atoms with Gasteiger partial charge in [-0.3, -0.25) is 9.69 Å². The SMILES string of the molecule is COC(=O)C[C@H](COCc1ccccc1)N(Cc1ccc(OC)cc1)Cc1ccc(OC)cc1. The molecule has 3 aromatic carbocycles. The molecule has 0 bridgehead atoms. The highest BCUT2D eigenvalue weighted by molar-refractivity contribution is 5.69. The van der Waals surface area contributed by atoms with E-state index in [1.807, 2.05) is 78.9 Å². The van der Waals surface area contributed by atoms with Crippen LogP contribution in [0.1, 0.15) is 23.1 Å². The lowest BCUT2D eigenvalue weighted by Crippen LogP contribution is -2.39. The van der Waals surface area contributed by atoms with E-state index in [9.17, 15) is 4.79 Å². The smallest absolute Gasteiger partial charge is 0.307 e. The third-order valence-corrected chi connectivity index (χ3v) is 5.66. The fourth-order valence-corrected chi connectivity index (χ4v) is 3.70. The van der Waals surface area contributed by atoms with Gasteiger partial charge in [-0.2, -0.15) is 0 Å². The second-order valence-corrected chi connectivity index (χ2v) is 8.04. The van der Waals surface area contributed by atoms with Crippen LogP contribution in [0.2, 0.25) is 0 Å². The minimum absolute atomic E-state index is 0.166. The Morgan fingerprint density at radius 3 is 1.74 bits per heavy atom. The van der Waals surface area contributed by atoms with Crippen molar-refractivity contribution in [1.82, 2.24) is 4.90 Å². The van der Waals surface area contributed by atoms with Crippen molar-refractivity contribution in [3.8, 4) is 11.5 Å². The highest BCUT2D eigenvalue weighted by Gasteiger charge is 2.23. The summed E-state index contributed by atoms with van der Waals surface area (Å²) in [5, 5.41) is 0. The van der Waals surface area contributed by atoms with Gasteiger partial charge in [-0.25, -0.2) is 0 Å². The lowest BCUT2D eigenvalue weighted by Gasteiger charge is -2.31. The third-order valence-electron chi connectivity index (χ3n) is 5.66. The van der Waals surface area contributed by atoms with Crippen LogP contribution in [0.4, 0.5) is 0 Å². The number of nitrogens with zero attached hydrogens (tertiary/aromatic N) is 1. The summed E-state index contributed by atoms with van der Waals surface area (Å²) in [5.74, 6) is 1.35. The summed E-state index contributed by atoms with van der Waals surface area (Å²) < 4.78 is 21.7. The average Bonchev–Trinajstić information content (AvgIpc) is 2.89. The highest BCUT2D eigenvalue weighted by atomic mass is 16.5. The molecule has 6 heteroatoms. The Kier molecular flexibility index (Phi) is 9.95. The minimum atomic E-state index is -0.261. The molecule has 0 aliphatic rings. The quantitative estimate of drug-likeness (QED) is 0.338. The molecule has 0 spiro atoms. The maximum absolute atomic E-state index is 12.3. The van der Waals surface area contributed by atoms with Gasteiger partial charge in [0.05, 0.1) is 41.0 Å². The van der Waals surface area contributed by atoms with Gasteiger partial charge in [0, 0.05) is 19.1 Å². The van der Waals surface area contributed by atoms with Crippen molar-refractivity contribution in [3.05, 3.63) is 95.6 Å². The normalized spacial score (nSPS) is 11.8. The summed E-state index contributed by atoms with van der Waals surface area (Å²) >= 11 is 0. The molecule has 1 atom stereocenters. The summed E-state index contributed by atoms with van der Waals surface area (Å²) in [6.45, 7) is 2.17. The van der Waals surface area contributed by atoms with Crippen LogP contribution in [0, 0.1) is 0 Å². The number of rotatable bonds is 13. The van der Waals surface area contributed by atoms with Crippen molar-refractivity contribution in [1.29, 1.82) is 0 Å². The Hall–Kier alpha value is -3.35. The topological polar surface area (TPSA) is 57.2 Å². The van der Waals surface area contributed by atoms with Crippen molar-refractivity contribution >= 4 is 5.97 Å². The first-order valence-corrected chi connectivity index (χ1v) is 11.3. The largest absolute Gasteiger partial charge is 0.497 e. The first-order chi connectivity index (χ1) is 16.6. The van der Waals surface area contributed by atoms with Crippen LogP contribution in [-0.2, 0) is 34.0 Å². The van der Waals surface area contributed by atoms with Gasteiger partial charge in [-0.05, 0) is 41.0 Å². The number of benzene rings is 3. The monoisotopic (exact) mass is 463 g/mol. The molecule has 34 heavy (non-hydrogen) atoms. The Morgan fingerprint density at radius 1 is 0.735 bits per heavy atom. The van der Waals surface area contributed by atoms with Gasteiger partial charge >= 0.3 is 5.97 Å². The fourth-order valence-electron chi connectivity index (χ4n) is 3.70. The molecule has 0 aliphatic heterocycles. The van der Waals surface area contributed by atoms with Crippen LogP contribution in [0.3, 0.4) is 0 Å². The molecule has 180 valence electrons. The maximum atomic E-state index is 12.3. The van der Waals surface area contributed by atoms with Crippen molar-refractivity contribution < 1.29 is 23.7 Å². The van der Waals surface area contributed by atoms with E-state index in [1.54, 1.807) is 14.2 Å². The average molecular weight is 464 g/mol. The summed E-state index contributed by atoms with van der Waals surface area (Å²) in [6, 6.07) is 25.8. The maximum Gasteiger partial charge on any atom is 0.307 e. The van der Waals surface area contributed by atoms with Gasteiger partial charge in [-0.15, -0.1) is 0 Å². The highest BCUT2D eigenvalue weighted by Crippen LogP contribution is 2.20. The third kappa shape index (κ3) is 7.90. The number of methoxy groups -OCH3 is 3. The second kappa shape index (κ2) is 13.4. The zero-order chi connectivity index (χ0) is 24.2. The molecular weight excluding hydrogens is 430 g/mol. The Bertz CT molecular complexity index is 940. The van der Waals surface area contributed by atoms with E-state index in [0.29, 0.717) is 26.3 Å². The van der Waals surface area contributed by atoms with Crippen molar-refractivity contribution in [2.24, 2.45) is 0 Å². The second-order valence-electron chi connectivity index (χ2n) is 8.04. The number of carbonyl (C=O) groups excluding carboxylic acids is 1. The Morgan fingerprint density at radius 2 is 1.26 bits per heavy atom. The van der Waals surface area contributed by atoms with Gasteiger partial charge in [0.2, 0.25) is 0 Å². The van der Waals surface area contributed by atoms with Gasteiger partial charge < -0.3 is 18.9 Å². The van der Waals surface area contributed by atoms with Crippen LogP contribution >= 0.6 is 0 Å². The lowest BCUT2D eigenvalue weighted by atomic mass is 10.1. The Balaban J connectivity index is 1.80. The van der Waals surface area contributed by atoms with E-state index in [4.69, 9.17) is 18.9 Å². The molecule has 0 amide bonds. The van der Waals surface area contributed by atoms with Gasteiger partial charge in [0.15, 0.2) is 0 Å². The van der Waals surface area contributed by atoms with E-state index >= 15 is 0 Å². The molecule has 0 aromatic heterocycles. The molecular formula is C28H33NO5. The zero-order valence-corrected chi connectivity index (χ0v) is 20.1. The fraction of sp³-hybridized carbons (Fsp3) is 0.321. The molecule has 0 N–H and O–H groups in total. The van der Waals surface area contributed by atoms with Crippen LogP contribution in [-0.4, -0.2) is 44.8 Å². The van der Waals surface area contributed by atoms with Crippen LogP contribution < -0.4 is 9.47 Å². The van der Waals surface area contributed by atoms with Crippen LogP contribution in [0.15, 0.2) is 78.9 Å². The van der Waals surface area contributed by atoms with E-state index in [2.05, 4.69) is 4.90 Å². The standard InChI is InChI=1S/C28H33NO5/c1-31-26-13-9-22(10-14-26)18-29(19-23-11-15-27(32-2)16-12-23)25(17-28(30)33-3)21-34-20-24-7-5-4-6-8-24/h4-16,25H,17-21H2,1-3H3/t25-/m1/s1. The van der Waals surface area contributed by atoms with E-state index < -0.39 is 0 Å². The molecule has 0 saturated heterocycles. The van der Waals surface area contributed by atoms with Gasteiger partial charge in [0.25, 0.3) is 0 Å². The van der Waals surface area contributed by atoms with Crippen LogP contribution in [0.5, 0.6) is 11.5 Å². The number of carbonyl (C=O) groups is 1. The van der Waals surface area contributed by atoms with Gasteiger partial charge in [-0.1, -0.05) is 54.6 Å². The molecule has 0 radical (unpaired) electrons. The zero-order valence-electron chi connectivity index (χ0n) is 20.1. The van der Waals surface area contributed by atoms with Gasteiger partial charge in [0.1, 0.15) is 11.5 Å². The van der Waals surface area contributed by atoms with E-state index in [0.717, 1.165) is 28.2 Å². The molecule has 6 nitrogen and oxygen atoms in total. The predicted octanol–water partition coefficient (Wildman–Crippen LogP) is 4.85. The number of esters is 1. The molecule has 0 saturated carbocycles. The number of hydrogen-bond acceptors (Lipinski definition) is 6. The van der Waals surface area contributed by atoms with Crippen molar-refractivity contribution in [3.63, 3.8) is 0 Å². The van der Waals surface area contributed by atoms with Crippen molar-refractivity contribution in [2.75, 3.05) is 27.9 Å². The minimum Gasteiger partial charge on any atom is -0.497 e. The summed E-state index contributed by atoms with van der Waals surface area (Å²) in [7, 11) is 4.73. The molecule has 3 rings (SSSR count). The van der Waals surface area contributed by atoms with E-state index in [-0.39, 0.29) is 18.4 Å². The van der Waals surface area contributed by atoms with Crippen LogP contribution in [0.25, 0.3) is 0 Å². The predicted molar refractivity (Wildman–Crippen MR) is 132 cm³/mol. The molecule has 0 aliphatic carbocycles. The lowest BCUT2D eigenvalue weighted by molar-refractivity contribution is -0.143. The molecule has 0 heterocycles. The first kappa shape index (κ1) is 25.3. The van der Waals surface area contributed by atoms with E-state index in [1.165, 1.54) is 7.11 Å². The number of ether oxygens (including phenoxy) is 4. The summed E-state index contributed by atoms with van der Waals surface area (Å²) in [6.07, 6.45) is 0.234. The number of hydrogen-bond donors (Lipinski definition) is 0. The molecule has 0 unspecified atom stereocenters. The summed E-state index contributed by atoms with van der Waals surface area (Å²) in [5.41, 5.74) is 3.33. The van der Waals surface area contributed by atoms with Crippen molar-refractivity contribution in [2.45, 2.75) is 32.2 Å².